The Labute approximate surface area is 171 Å². The lowest BCUT2D eigenvalue weighted by Gasteiger charge is -2.37. The Morgan fingerprint density at radius 2 is 1.82 bits per heavy atom. The third-order valence-corrected chi connectivity index (χ3v) is 5.66. The summed E-state index contributed by atoms with van der Waals surface area (Å²) in [5.74, 6) is -0.497. The van der Waals surface area contributed by atoms with Crippen LogP contribution >= 0.6 is 22.0 Å². The Morgan fingerprint density at radius 1 is 1.18 bits per heavy atom. The normalized spacial score (nSPS) is 15.6. The summed E-state index contributed by atoms with van der Waals surface area (Å²) in [6.07, 6.45) is 6.26. The Balaban J connectivity index is 0.000000213. The molecule has 0 atom stereocenters. The van der Waals surface area contributed by atoms with Crippen LogP contribution in [0.2, 0.25) is 5.02 Å². The van der Waals surface area contributed by atoms with Gasteiger partial charge in [0.15, 0.2) is 0 Å². The monoisotopic (exact) mass is 428 g/mol. The highest BCUT2D eigenvalue weighted by Crippen LogP contribution is 2.30. The van der Waals surface area contributed by atoms with Crippen molar-refractivity contribution in [3.05, 3.63) is 69.8 Å². The second kappa shape index (κ2) is 13.2. The number of halogens is 2. The molecule has 1 heterocycles. The molecule has 1 aliphatic rings. The van der Waals surface area contributed by atoms with Crippen molar-refractivity contribution in [2.24, 2.45) is 5.18 Å². The fourth-order valence-corrected chi connectivity index (χ4v) is 3.70. The van der Waals surface area contributed by atoms with Crippen LogP contribution in [0.5, 0.6) is 0 Å². The third kappa shape index (κ3) is 10.4. The number of anilines is 1. The first kappa shape index (κ1) is 24.0. The van der Waals surface area contributed by atoms with Gasteiger partial charge in [-0.2, -0.15) is 4.91 Å². The van der Waals surface area contributed by atoms with E-state index >= 15 is 0 Å². The predicted molar refractivity (Wildman–Crippen MR) is 117 cm³/mol. The van der Waals surface area contributed by atoms with Crippen LogP contribution < -0.4 is 14.8 Å². The molecule has 154 valence electrons. The van der Waals surface area contributed by atoms with E-state index in [1.165, 1.54) is 37.7 Å². The molecule has 0 spiro atoms. The highest BCUT2D eigenvalue weighted by molar-refractivity contribution is 8.29. The topological polar surface area (TPSA) is 82.6 Å². The van der Waals surface area contributed by atoms with Gasteiger partial charge >= 0.3 is 0 Å². The molecule has 0 aliphatic carbocycles. The van der Waals surface area contributed by atoms with Crippen molar-refractivity contribution in [1.29, 1.82) is 0 Å². The van der Waals surface area contributed by atoms with E-state index in [2.05, 4.69) is 32.4 Å². The van der Waals surface area contributed by atoms with E-state index in [0.717, 1.165) is 5.56 Å². The molecule has 1 saturated heterocycles. The lowest BCUT2D eigenvalue weighted by atomic mass is 10.2. The van der Waals surface area contributed by atoms with E-state index in [-0.39, 0.29) is 11.6 Å². The molecule has 0 unspecified atom stereocenters. The average molecular weight is 429 g/mol. The van der Waals surface area contributed by atoms with E-state index in [0.29, 0.717) is 12.1 Å². The third-order valence-electron chi connectivity index (χ3n) is 3.51. The van der Waals surface area contributed by atoms with Crippen molar-refractivity contribution >= 4 is 34.1 Å². The zero-order valence-electron chi connectivity index (χ0n) is 16.0. The van der Waals surface area contributed by atoms with Gasteiger partial charge in [-0.25, -0.2) is 4.39 Å². The molecule has 28 heavy (non-hydrogen) atoms. The molecule has 3 N–H and O–H groups in total. The van der Waals surface area contributed by atoms with Crippen molar-refractivity contribution in [2.45, 2.75) is 13.0 Å². The highest BCUT2D eigenvalue weighted by Gasteiger charge is 2.12. The van der Waals surface area contributed by atoms with E-state index in [9.17, 15) is 14.1 Å². The van der Waals surface area contributed by atoms with Crippen LogP contribution in [0.4, 0.5) is 10.1 Å². The molecule has 3 rings (SSSR count). The maximum atomic E-state index is 12.5. The Morgan fingerprint density at radius 3 is 2.29 bits per heavy atom. The van der Waals surface area contributed by atoms with E-state index < -0.39 is 16.2 Å². The fraction of sp³-hybridized carbons (Fsp3) is 0.316. The van der Waals surface area contributed by atoms with Crippen molar-refractivity contribution in [3.63, 3.8) is 0 Å². The largest absolute Gasteiger partial charge is 0.329 e. The summed E-state index contributed by atoms with van der Waals surface area (Å²) in [5.41, 5.74) is 1.44. The molecule has 1 fully saturated rings. The van der Waals surface area contributed by atoms with Gasteiger partial charge in [0.05, 0.1) is 5.02 Å². The van der Waals surface area contributed by atoms with Crippen LogP contribution in [0.3, 0.4) is 0 Å². The van der Waals surface area contributed by atoms with Gasteiger partial charge in [0.25, 0.3) is 0 Å². The number of nitroso groups, excluding NO2 is 1. The summed E-state index contributed by atoms with van der Waals surface area (Å²) in [6.45, 7) is 2.66. The second-order valence-electron chi connectivity index (χ2n) is 6.13. The van der Waals surface area contributed by atoms with Gasteiger partial charge in [0.2, 0.25) is 6.41 Å². The Kier molecular flexibility index (Phi) is 11.4. The molecule has 1 aliphatic heterocycles. The maximum absolute atomic E-state index is 12.5. The number of rotatable bonds is 4. The fourth-order valence-electron chi connectivity index (χ4n) is 2.11. The number of nitrogens with one attached hydrogen (secondary N) is 3. The summed E-state index contributed by atoms with van der Waals surface area (Å²) in [5, 5.41) is 5.10. The minimum Gasteiger partial charge on any atom is -0.329 e. The van der Waals surface area contributed by atoms with Gasteiger partial charge in [-0.3, -0.25) is 14.2 Å². The zero-order valence-corrected chi connectivity index (χ0v) is 17.5. The van der Waals surface area contributed by atoms with Crippen molar-refractivity contribution < 1.29 is 9.18 Å². The number of benzene rings is 2. The molecule has 6 nitrogen and oxygen atoms in total. The molecule has 0 aromatic heterocycles. The quantitative estimate of drug-likeness (QED) is 0.495. The summed E-state index contributed by atoms with van der Waals surface area (Å²) in [6, 6.07) is 13.4. The molecule has 0 radical (unpaired) electrons. The first-order chi connectivity index (χ1) is 13.4. The standard InChI is InChI=1S/C7H5ClFNO.C7H7NO.C5H14N2S/c8-6-3-5(10-4-11)1-2-7(6)9;9-8-6-7-4-2-1-3-5-7;1-8(2)6-4-3-5-7-8/h1-4H,(H,10,11);1-5H,6H2;6-7H,3-5H2,1-2H3. The minimum absolute atomic E-state index is 0.00292. The van der Waals surface area contributed by atoms with E-state index in [1.54, 1.807) is 0 Å². The zero-order chi connectivity index (χ0) is 20.8. The van der Waals surface area contributed by atoms with Crippen LogP contribution in [-0.2, 0) is 11.3 Å². The van der Waals surface area contributed by atoms with E-state index in [4.69, 9.17) is 11.6 Å². The Hall–Kier alpha value is -2.00. The summed E-state index contributed by atoms with van der Waals surface area (Å²) in [4.78, 5) is 19.6. The predicted octanol–water partition coefficient (Wildman–Crippen LogP) is 4.46. The summed E-state index contributed by atoms with van der Waals surface area (Å²) >= 11 is 5.42. The smallest absolute Gasteiger partial charge is 0.211 e. The van der Waals surface area contributed by atoms with Gasteiger partial charge in [-0.1, -0.05) is 47.1 Å². The molecule has 1 amide bonds. The van der Waals surface area contributed by atoms with Crippen LogP contribution in [0, 0.1) is 10.7 Å². The average Bonchev–Trinajstić information content (AvgIpc) is 2.67. The van der Waals surface area contributed by atoms with Gasteiger partial charge < -0.3 is 5.32 Å². The van der Waals surface area contributed by atoms with E-state index in [1.807, 2.05) is 30.3 Å². The van der Waals surface area contributed by atoms with Gasteiger partial charge in [-0.05, 0) is 42.7 Å². The first-order valence-corrected chi connectivity index (χ1v) is 11.4. The lowest BCUT2D eigenvalue weighted by Crippen LogP contribution is -2.38. The molecule has 2 aromatic rings. The van der Waals surface area contributed by atoms with Crippen molar-refractivity contribution in [3.8, 4) is 0 Å². The van der Waals surface area contributed by atoms with Crippen LogP contribution in [-0.4, -0.2) is 32.0 Å². The SMILES string of the molecule is CS1(C)NCCCN1.O=CNc1ccc(F)c(Cl)c1.O=NCc1ccccc1. The highest BCUT2D eigenvalue weighted by atomic mass is 35.5. The van der Waals surface area contributed by atoms with Crippen LogP contribution in [0.25, 0.3) is 0 Å². The van der Waals surface area contributed by atoms with Gasteiger partial charge in [0.1, 0.15) is 12.4 Å². The lowest BCUT2D eigenvalue weighted by molar-refractivity contribution is -0.105. The first-order valence-electron chi connectivity index (χ1n) is 8.59. The number of nitrogens with zero attached hydrogens (tertiary/aromatic N) is 1. The molecule has 0 saturated carbocycles. The second-order valence-corrected chi connectivity index (χ2v) is 9.77. The molecule has 9 heteroatoms. The number of carbonyl (C=O) groups is 1. The van der Waals surface area contributed by atoms with Crippen molar-refractivity contribution in [2.75, 3.05) is 30.9 Å². The van der Waals surface area contributed by atoms with Gasteiger partial charge in [-0.15, -0.1) is 10.4 Å². The maximum Gasteiger partial charge on any atom is 0.211 e. The molecular weight excluding hydrogens is 403 g/mol. The summed E-state index contributed by atoms with van der Waals surface area (Å²) < 4.78 is 19.4. The number of carbonyl (C=O) groups excluding carboxylic acids is 1. The van der Waals surface area contributed by atoms with Crippen LogP contribution in [0.15, 0.2) is 53.7 Å². The number of amides is 1. The minimum atomic E-state index is -0.583. The van der Waals surface area contributed by atoms with Crippen molar-refractivity contribution in [1.82, 2.24) is 9.44 Å². The molecule has 2 aromatic carbocycles. The molecular formula is C19H26ClFN4O2S. The Bertz CT molecular complexity index is 727. The molecule has 0 bridgehead atoms. The summed E-state index contributed by atoms with van der Waals surface area (Å²) in [7, 11) is -0.583. The number of hydrogen-bond acceptors (Lipinski definition) is 5. The number of hydrogen-bond donors (Lipinski definition) is 3. The van der Waals surface area contributed by atoms with Gasteiger partial charge in [0, 0.05) is 18.8 Å². The van der Waals surface area contributed by atoms with Crippen LogP contribution in [0.1, 0.15) is 12.0 Å².